The number of nitrogens with zero attached hydrogens (tertiary/aromatic N) is 1. The summed E-state index contributed by atoms with van der Waals surface area (Å²) in [5, 5.41) is 0.447. The van der Waals surface area contributed by atoms with Gasteiger partial charge in [0.25, 0.3) is 0 Å². The number of carbonyl (C=O) groups is 1. The topological polar surface area (TPSA) is 48.4 Å². The van der Waals surface area contributed by atoms with Gasteiger partial charge in [0.1, 0.15) is 11.6 Å². The second-order valence-electron chi connectivity index (χ2n) is 3.35. The van der Waals surface area contributed by atoms with E-state index in [1.54, 1.807) is 6.07 Å². The van der Waals surface area contributed by atoms with Crippen LogP contribution >= 0.6 is 0 Å². The molecule has 1 aromatic carbocycles. The van der Waals surface area contributed by atoms with Crippen LogP contribution in [0.1, 0.15) is 10.4 Å². The van der Waals surface area contributed by atoms with Crippen molar-refractivity contribution in [1.82, 2.24) is 4.98 Å². The number of carbonyl (C=O) groups excluding carboxylic acids is 1. The summed E-state index contributed by atoms with van der Waals surface area (Å²) in [5.74, 6) is -0.713. The monoisotopic (exact) mass is 235 g/mol. The van der Waals surface area contributed by atoms with Gasteiger partial charge in [-0.3, -0.25) is 4.98 Å². The molecule has 17 heavy (non-hydrogen) atoms. The van der Waals surface area contributed by atoms with Crippen molar-refractivity contribution in [3.63, 3.8) is 0 Å². The van der Waals surface area contributed by atoms with E-state index in [2.05, 4.69) is 9.72 Å². The number of hydrogen-bond acceptors (Lipinski definition) is 4. The van der Waals surface area contributed by atoms with Crippen molar-refractivity contribution in [2.75, 3.05) is 14.2 Å². The van der Waals surface area contributed by atoms with Crippen LogP contribution in [-0.4, -0.2) is 25.2 Å². The maximum atomic E-state index is 13.3. The van der Waals surface area contributed by atoms with E-state index in [0.717, 1.165) is 6.07 Å². The Morgan fingerprint density at radius 1 is 1.35 bits per heavy atom. The summed E-state index contributed by atoms with van der Waals surface area (Å²) in [5.41, 5.74) is 0.456. The summed E-state index contributed by atoms with van der Waals surface area (Å²) >= 11 is 0. The molecule has 1 aromatic heterocycles. The molecule has 0 radical (unpaired) electrons. The zero-order chi connectivity index (χ0) is 12.4. The minimum Gasteiger partial charge on any atom is -0.496 e. The second-order valence-corrected chi connectivity index (χ2v) is 3.35. The number of aromatic nitrogens is 1. The molecule has 4 nitrogen and oxygen atoms in total. The molecule has 0 spiro atoms. The molecule has 1 heterocycles. The van der Waals surface area contributed by atoms with Crippen LogP contribution in [0.5, 0.6) is 5.75 Å². The van der Waals surface area contributed by atoms with Crippen LogP contribution in [-0.2, 0) is 4.74 Å². The minimum atomic E-state index is -0.624. The Morgan fingerprint density at radius 3 is 2.76 bits per heavy atom. The lowest BCUT2D eigenvalue weighted by Gasteiger charge is -2.08. The van der Waals surface area contributed by atoms with Gasteiger partial charge in [0.15, 0.2) is 0 Å². The number of pyridine rings is 1. The van der Waals surface area contributed by atoms with Crippen molar-refractivity contribution in [2.24, 2.45) is 0 Å². The third-order valence-electron chi connectivity index (χ3n) is 2.39. The SMILES string of the molecule is COC(=O)c1cc(F)cc2nccc(OC)c12. The molecule has 2 rings (SSSR count). The fourth-order valence-corrected chi connectivity index (χ4v) is 1.66. The van der Waals surface area contributed by atoms with Crippen LogP contribution in [0, 0.1) is 5.82 Å². The summed E-state index contributed by atoms with van der Waals surface area (Å²) in [6.45, 7) is 0. The van der Waals surface area contributed by atoms with Gasteiger partial charge in [-0.25, -0.2) is 9.18 Å². The first-order valence-electron chi connectivity index (χ1n) is 4.88. The number of rotatable bonds is 2. The molecule has 0 N–H and O–H groups in total. The minimum absolute atomic E-state index is 0.104. The van der Waals surface area contributed by atoms with Crippen LogP contribution in [0.3, 0.4) is 0 Å². The maximum absolute atomic E-state index is 13.3. The zero-order valence-corrected chi connectivity index (χ0v) is 9.36. The van der Waals surface area contributed by atoms with Crippen molar-refractivity contribution in [3.8, 4) is 5.75 Å². The van der Waals surface area contributed by atoms with Crippen molar-refractivity contribution in [3.05, 3.63) is 35.8 Å². The van der Waals surface area contributed by atoms with Gasteiger partial charge in [-0.05, 0) is 12.1 Å². The van der Waals surface area contributed by atoms with E-state index in [1.807, 2.05) is 0 Å². The Kier molecular flexibility index (Phi) is 2.91. The van der Waals surface area contributed by atoms with Gasteiger partial charge in [0.2, 0.25) is 0 Å². The van der Waals surface area contributed by atoms with E-state index in [0.29, 0.717) is 16.7 Å². The van der Waals surface area contributed by atoms with Gasteiger partial charge >= 0.3 is 5.97 Å². The molecule has 0 aliphatic carbocycles. The van der Waals surface area contributed by atoms with E-state index in [1.165, 1.54) is 26.5 Å². The number of ether oxygens (including phenoxy) is 2. The van der Waals surface area contributed by atoms with Crippen LogP contribution in [0.15, 0.2) is 24.4 Å². The van der Waals surface area contributed by atoms with Crippen LogP contribution in [0.2, 0.25) is 0 Å². The first kappa shape index (κ1) is 11.3. The predicted octanol–water partition coefficient (Wildman–Crippen LogP) is 2.17. The first-order chi connectivity index (χ1) is 8.17. The molecule has 0 aliphatic rings. The lowest BCUT2D eigenvalue weighted by molar-refractivity contribution is 0.0602. The van der Waals surface area contributed by atoms with E-state index in [9.17, 15) is 9.18 Å². The van der Waals surface area contributed by atoms with Crippen molar-refractivity contribution in [2.45, 2.75) is 0 Å². The quantitative estimate of drug-likeness (QED) is 0.748. The highest BCUT2D eigenvalue weighted by Gasteiger charge is 2.16. The summed E-state index contributed by atoms with van der Waals surface area (Å²) < 4.78 is 23.1. The third kappa shape index (κ3) is 1.91. The molecule has 0 fully saturated rings. The van der Waals surface area contributed by atoms with Crippen LogP contribution in [0.25, 0.3) is 10.9 Å². The van der Waals surface area contributed by atoms with Gasteiger partial charge in [-0.2, -0.15) is 0 Å². The van der Waals surface area contributed by atoms with Gasteiger partial charge in [-0.15, -0.1) is 0 Å². The molecule has 2 aromatic rings. The Hall–Kier alpha value is -2.17. The number of benzene rings is 1. The lowest BCUT2D eigenvalue weighted by atomic mass is 10.1. The number of hydrogen-bond donors (Lipinski definition) is 0. The molecule has 0 amide bonds. The van der Waals surface area contributed by atoms with E-state index >= 15 is 0 Å². The van der Waals surface area contributed by atoms with E-state index in [4.69, 9.17) is 4.74 Å². The Balaban J connectivity index is 2.84. The summed E-state index contributed by atoms with van der Waals surface area (Å²) in [6, 6.07) is 3.95. The van der Waals surface area contributed by atoms with Crippen LogP contribution < -0.4 is 4.74 Å². The fraction of sp³-hybridized carbons (Fsp3) is 0.167. The molecule has 0 bridgehead atoms. The van der Waals surface area contributed by atoms with E-state index < -0.39 is 11.8 Å². The predicted molar refractivity (Wildman–Crippen MR) is 59.6 cm³/mol. The molecule has 0 atom stereocenters. The normalized spacial score (nSPS) is 10.3. The molecule has 0 unspecified atom stereocenters. The van der Waals surface area contributed by atoms with Crippen molar-refractivity contribution >= 4 is 16.9 Å². The molecule has 0 aliphatic heterocycles. The smallest absolute Gasteiger partial charge is 0.338 e. The van der Waals surface area contributed by atoms with Gasteiger partial charge in [-0.1, -0.05) is 0 Å². The first-order valence-corrected chi connectivity index (χ1v) is 4.88. The number of esters is 1. The molecule has 5 heteroatoms. The summed E-state index contributed by atoms with van der Waals surface area (Å²) in [4.78, 5) is 15.6. The Bertz CT molecular complexity index is 583. The summed E-state index contributed by atoms with van der Waals surface area (Å²) in [7, 11) is 2.71. The molecule has 0 saturated carbocycles. The Labute approximate surface area is 97.0 Å². The van der Waals surface area contributed by atoms with E-state index in [-0.39, 0.29) is 5.56 Å². The molecule has 0 saturated heterocycles. The fourth-order valence-electron chi connectivity index (χ4n) is 1.66. The maximum Gasteiger partial charge on any atom is 0.338 e. The molecule has 88 valence electrons. The highest BCUT2D eigenvalue weighted by Crippen LogP contribution is 2.28. The average molecular weight is 235 g/mol. The Morgan fingerprint density at radius 2 is 2.12 bits per heavy atom. The summed E-state index contributed by atoms with van der Waals surface area (Å²) in [6.07, 6.45) is 1.49. The highest BCUT2D eigenvalue weighted by molar-refractivity contribution is 6.06. The molecular weight excluding hydrogens is 225 g/mol. The van der Waals surface area contributed by atoms with Crippen LogP contribution in [0.4, 0.5) is 4.39 Å². The standard InChI is InChI=1S/C12H10FNO3/c1-16-10-3-4-14-9-6-7(13)5-8(11(9)10)12(15)17-2/h3-6H,1-2H3. The third-order valence-corrected chi connectivity index (χ3v) is 2.39. The van der Waals surface area contributed by atoms with Gasteiger partial charge in [0, 0.05) is 12.3 Å². The second kappa shape index (κ2) is 4.37. The largest absolute Gasteiger partial charge is 0.496 e. The zero-order valence-electron chi connectivity index (χ0n) is 9.36. The molecular formula is C12H10FNO3. The highest BCUT2D eigenvalue weighted by atomic mass is 19.1. The van der Waals surface area contributed by atoms with Gasteiger partial charge < -0.3 is 9.47 Å². The number of fused-ring (bicyclic) bond motifs is 1. The van der Waals surface area contributed by atoms with Crippen molar-refractivity contribution in [1.29, 1.82) is 0 Å². The lowest BCUT2D eigenvalue weighted by Crippen LogP contribution is -2.04. The van der Waals surface area contributed by atoms with Gasteiger partial charge in [0.05, 0.1) is 30.7 Å². The van der Waals surface area contributed by atoms with Crippen molar-refractivity contribution < 1.29 is 18.7 Å². The number of methoxy groups -OCH3 is 2. The average Bonchev–Trinajstić information content (AvgIpc) is 2.35. The number of halogens is 1.